The average molecular weight is 238 g/mol. The third-order valence-electron chi connectivity index (χ3n) is 3.24. The second kappa shape index (κ2) is 4.74. The molecule has 0 aromatic heterocycles. The highest BCUT2D eigenvalue weighted by molar-refractivity contribution is 5.83. The van der Waals surface area contributed by atoms with Gasteiger partial charge >= 0.3 is 5.97 Å². The fourth-order valence-electron chi connectivity index (χ4n) is 2.58. The summed E-state index contributed by atoms with van der Waals surface area (Å²) in [6, 6.07) is 2.08. The molecule has 1 fully saturated rings. The number of hydrogen-bond acceptors (Lipinski definition) is 3. The smallest absolute Gasteiger partial charge is 0.303 e. The molecule has 17 heavy (non-hydrogen) atoms. The summed E-state index contributed by atoms with van der Waals surface area (Å²) < 4.78 is 0. The molecular weight excluding hydrogens is 220 g/mol. The average Bonchev–Trinajstić information content (AvgIpc) is 2.49. The maximum atomic E-state index is 12.0. The molecule has 1 heterocycles. The van der Waals surface area contributed by atoms with Crippen LogP contribution in [0, 0.1) is 17.2 Å². The molecule has 5 nitrogen and oxygen atoms in total. The van der Waals surface area contributed by atoms with Gasteiger partial charge in [0.05, 0.1) is 6.07 Å². The van der Waals surface area contributed by atoms with Crippen molar-refractivity contribution in [3.63, 3.8) is 0 Å². The molecule has 2 unspecified atom stereocenters. The van der Waals surface area contributed by atoms with Crippen LogP contribution in [-0.4, -0.2) is 33.5 Å². The van der Waals surface area contributed by atoms with Crippen molar-refractivity contribution in [2.24, 2.45) is 5.92 Å². The number of carbonyl (C=O) groups is 2. The summed E-state index contributed by atoms with van der Waals surface area (Å²) in [7, 11) is 0. The topological polar surface area (TPSA) is 81.4 Å². The summed E-state index contributed by atoms with van der Waals surface area (Å²) in [6.45, 7) is 5.49. The van der Waals surface area contributed by atoms with Crippen LogP contribution in [0.3, 0.4) is 0 Å². The molecule has 1 rings (SSSR count). The molecule has 1 aliphatic heterocycles. The molecule has 0 saturated carbocycles. The Kier molecular flexibility index (Phi) is 3.76. The highest BCUT2D eigenvalue weighted by Gasteiger charge is 2.50. The highest BCUT2D eigenvalue weighted by Crippen LogP contribution is 2.38. The number of amides is 1. The number of carbonyl (C=O) groups excluding carboxylic acids is 1. The minimum atomic E-state index is -0.941. The minimum Gasteiger partial charge on any atom is -0.481 e. The summed E-state index contributed by atoms with van der Waals surface area (Å²) in [5.41, 5.74) is -0.941. The molecule has 0 aromatic rings. The number of rotatable bonds is 4. The molecule has 5 heteroatoms. The second-order valence-electron chi connectivity index (χ2n) is 4.94. The second-order valence-corrected chi connectivity index (χ2v) is 4.94. The van der Waals surface area contributed by atoms with E-state index in [1.165, 1.54) is 0 Å². The van der Waals surface area contributed by atoms with Crippen molar-refractivity contribution < 1.29 is 14.7 Å². The molecule has 0 radical (unpaired) electrons. The van der Waals surface area contributed by atoms with Gasteiger partial charge in [-0.3, -0.25) is 9.59 Å². The molecular formula is C12H18N2O3. The number of likely N-dealkylation sites (tertiary alicyclic amines) is 1. The predicted octanol–water partition coefficient (Wildman–Crippen LogP) is 1.39. The van der Waals surface area contributed by atoms with Gasteiger partial charge in [-0.1, -0.05) is 6.92 Å². The molecule has 1 N–H and O–H groups in total. The van der Waals surface area contributed by atoms with Crippen molar-refractivity contribution in [3.05, 3.63) is 0 Å². The Bertz CT molecular complexity index is 372. The monoisotopic (exact) mass is 238 g/mol. The van der Waals surface area contributed by atoms with E-state index in [1.807, 2.05) is 13.8 Å². The van der Waals surface area contributed by atoms with Gasteiger partial charge in [0, 0.05) is 18.4 Å². The van der Waals surface area contributed by atoms with Gasteiger partial charge < -0.3 is 10.0 Å². The molecule has 0 spiro atoms. The lowest BCUT2D eigenvalue weighted by atomic mass is 9.89. The SMILES string of the molecule is CC1CC(C#N)(CCC(=O)O)N(C(C)C)C1=O. The Morgan fingerprint density at radius 1 is 1.71 bits per heavy atom. The van der Waals surface area contributed by atoms with Crippen LogP contribution < -0.4 is 0 Å². The molecule has 1 amide bonds. The number of nitriles is 1. The van der Waals surface area contributed by atoms with Gasteiger partial charge in [-0.25, -0.2) is 0 Å². The van der Waals surface area contributed by atoms with Gasteiger partial charge in [0.1, 0.15) is 5.54 Å². The van der Waals surface area contributed by atoms with E-state index in [0.29, 0.717) is 6.42 Å². The standard InChI is InChI=1S/C12H18N2O3/c1-8(2)14-11(17)9(3)6-12(14,7-13)5-4-10(15)16/h8-9H,4-6H2,1-3H3,(H,15,16). The summed E-state index contributed by atoms with van der Waals surface area (Å²) in [5.74, 6) is -1.19. The van der Waals surface area contributed by atoms with Gasteiger partial charge in [0.2, 0.25) is 5.91 Å². The van der Waals surface area contributed by atoms with Crippen LogP contribution in [0.2, 0.25) is 0 Å². The zero-order valence-electron chi connectivity index (χ0n) is 10.4. The maximum absolute atomic E-state index is 12.0. The molecule has 94 valence electrons. The number of nitrogens with zero attached hydrogens (tertiary/aromatic N) is 2. The quantitative estimate of drug-likeness (QED) is 0.802. The van der Waals surface area contributed by atoms with Crippen LogP contribution in [0.5, 0.6) is 0 Å². The van der Waals surface area contributed by atoms with E-state index in [1.54, 1.807) is 11.8 Å². The first kappa shape index (κ1) is 13.5. The normalized spacial score (nSPS) is 28.5. The Morgan fingerprint density at radius 2 is 2.29 bits per heavy atom. The molecule has 1 aliphatic rings. The van der Waals surface area contributed by atoms with Crippen molar-refractivity contribution in [2.75, 3.05) is 0 Å². The number of carboxylic acids is 1. The van der Waals surface area contributed by atoms with Gasteiger partial charge in [0.15, 0.2) is 0 Å². The Labute approximate surface area is 101 Å². The minimum absolute atomic E-state index is 0.0491. The lowest BCUT2D eigenvalue weighted by molar-refractivity contribution is -0.139. The van der Waals surface area contributed by atoms with Crippen LogP contribution >= 0.6 is 0 Å². The van der Waals surface area contributed by atoms with E-state index in [0.717, 1.165) is 0 Å². The third-order valence-corrected chi connectivity index (χ3v) is 3.24. The molecule has 0 aromatic carbocycles. The van der Waals surface area contributed by atoms with Crippen molar-refractivity contribution in [1.29, 1.82) is 5.26 Å². The fourth-order valence-corrected chi connectivity index (χ4v) is 2.58. The van der Waals surface area contributed by atoms with Gasteiger partial charge in [0.25, 0.3) is 0 Å². The zero-order chi connectivity index (χ0) is 13.2. The first-order chi connectivity index (χ1) is 7.84. The van der Waals surface area contributed by atoms with Crippen molar-refractivity contribution >= 4 is 11.9 Å². The van der Waals surface area contributed by atoms with Crippen molar-refractivity contribution in [3.8, 4) is 6.07 Å². The number of hydrogen-bond donors (Lipinski definition) is 1. The maximum Gasteiger partial charge on any atom is 0.303 e. The van der Waals surface area contributed by atoms with E-state index in [-0.39, 0.29) is 30.7 Å². The van der Waals surface area contributed by atoms with Crippen LogP contribution in [-0.2, 0) is 9.59 Å². The van der Waals surface area contributed by atoms with Crippen LogP contribution in [0.15, 0.2) is 0 Å². The third kappa shape index (κ3) is 2.41. The summed E-state index contributed by atoms with van der Waals surface area (Å²) in [4.78, 5) is 24.2. The summed E-state index contributed by atoms with van der Waals surface area (Å²) in [6.07, 6.45) is 0.539. The van der Waals surface area contributed by atoms with Gasteiger partial charge in [-0.05, 0) is 26.7 Å². The molecule has 0 aliphatic carbocycles. The molecule has 1 saturated heterocycles. The zero-order valence-corrected chi connectivity index (χ0v) is 10.4. The van der Waals surface area contributed by atoms with Crippen LogP contribution in [0.4, 0.5) is 0 Å². The first-order valence-corrected chi connectivity index (χ1v) is 5.80. The van der Waals surface area contributed by atoms with Crippen LogP contribution in [0.1, 0.15) is 40.0 Å². The summed E-state index contributed by atoms with van der Waals surface area (Å²) in [5, 5.41) is 18.1. The van der Waals surface area contributed by atoms with Crippen LogP contribution in [0.25, 0.3) is 0 Å². The Morgan fingerprint density at radius 3 is 2.71 bits per heavy atom. The lowest BCUT2D eigenvalue weighted by Crippen LogP contribution is -2.48. The van der Waals surface area contributed by atoms with E-state index < -0.39 is 11.5 Å². The molecule has 0 bridgehead atoms. The van der Waals surface area contributed by atoms with Crippen molar-refractivity contribution in [2.45, 2.75) is 51.6 Å². The first-order valence-electron chi connectivity index (χ1n) is 5.80. The van der Waals surface area contributed by atoms with Gasteiger partial charge in [-0.15, -0.1) is 0 Å². The Balaban J connectivity index is 3.00. The largest absolute Gasteiger partial charge is 0.481 e. The number of carboxylic acid groups (broad SMARTS) is 1. The number of aliphatic carboxylic acids is 1. The summed E-state index contributed by atoms with van der Waals surface area (Å²) >= 11 is 0. The predicted molar refractivity (Wildman–Crippen MR) is 61.0 cm³/mol. The van der Waals surface area contributed by atoms with E-state index in [2.05, 4.69) is 6.07 Å². The van der Waals surface area contributed by atoms with E-state index in [4.69, 9.17) is 5.11 Å². The van der Waals surface area contributed by atoms with Crippen molar-refractivity contribution in [1.82, 2.24) is 4.90 Å². The fraction of sp³-hybridized carbons (Fsp3) is 0.750. The highest BCUT2D eigenvalue weighted by atomic mass is 16.4. The Hall–Kier alpha value is -1.57. The van der Waals surface area contributed by atoms with E-state index >= 15 is 0 Å². The molecule has 2 atom stereocenters. The van der Waals surface area contributed by atoms with E-state index in [9.17, 15) is 14.9 Å². The van der Waals surface area contributed by atoms with Gasteiger partial charge in [-0.2, -0.15) is 5.26 Å². The lowest BCUT2D eigenvalue weighted by Gasteiger charge is -2.35.